The third-order valence-corrected chi connectivity index (χ3v) is 5.67. The van der Waals surface area contributed by atoms with Crippen LogP contribution in [0.2, 0.25) is 5.15 Å². The number of benzene rings is 1. The van der Waals surface area contributed by atoms with Gasteiger partial charge in [-0.2, -0.15) is 13.4 Å². The van der Waals surface area contributed by atoms with Gasteiger partial charge in [-0.15, -0.1) is 0 Å². The minimum atomic E-state index is -4.02. The topological polar surface area (TPSA) is 70.5 Å². The number of quaternary nitrogens is 1. The predicted molar refractivity (Wildman–Crippen MR) is 105 cm³/mol. The minimum Gasteiger partial charge on any atom is -0.282 e. The number of aromatic nitrogens is 1. The molecule has 8 heteroatoms. The van der Waals surface area contributed by atoms with E-state index in [1.807, 2.05) is 19.2 Å². The molecular weight excluding hydrogens is 374 g/mol. The Balaban J connectivity index is 0.000000197. The zero-order chi connectivity index (χ0) is 19.4. The van der Waals surface area contributed by atoms with E-state index in [1.54, 1.807) is 12.1 Å². The van der Waals surface area contributed by atoms with Crippen LogP contribution in [-0.2, 0) is 10.1 Å². The fourth-order valence-corrected chi connectivity index (χ4v) is 3.66. The number of aryl methyl sites for hydroxylation is 1. The van der Waals surface area contributed by atoms with Crippen LogP contribution >= 0.6 is 11.6 Å². The quantitative estimate of drug-likeness (QED) is 0.486. The molecule has 26 heavy (non-hydrogen) atoms. The van der Waals surface area contributed by atoms with Crippen LogP contribution < -0.4 is 4.59 Å². The molecule has 1 aliphatic rings. The monoisotopic (exact) mass is 398 g/mol. The van der Waals surface area contributed by atoms with Crippen LogP contribution in [0.25, 0.3) is 0 Å². The third kappa shape index (κ3) is 5.02. The summed E-state index contributed by atoms with van der Waals surface area (Å²) < 4.78 is 30.5. The highest BCUT2D eigenvalue weighted by molar-refractivity contribution is 7.85. The van der Waals surface area contributed by atoms with Gasteiger partial charge in [-0.05, 0) is 25.1 Å². The summed E-state index contributed by atoms with van der Waals surface area (Å²) in [5.74, 6) is 0. The smallest absolute Gasteiger partial charge is 0.282 e. The van der Waals surface area contributed by atoms with Crippen LogP contribution in [-0.4, -0.2) is 50.1 Å². The number of halogens is 1. The fourth-order valence-electron chi connectivity index (χ4n) is 3.07. The molecule has 2 heterocycles. The Kier molecular flexibility index (Phi) is 6.76. The number of pyridine rings is 1. The summed E-state index contributed by atoms with van der Waals surface area (Å²) in [5, 5.41) is 2.83. The summed E-state index contributed by atoms with van der Waals surface area (Å²) >= 11 is 5.81. The average molecular weight is 399 g/mol. The maximum atomic E-state index is 10.5. The lowest BCUT2D eigenvalue weighted by molar-refractivity contribution is 0.0596. The summed E-state index contributed by atoms with van der Waals surface area (Å²) in [7, 11) is 0.230. The van der Waals surface area contributed by atoms with E-state index in [2.05, 4.69) is 30.2 Å². The molecule has 0 unspecified atom stereocenters. The molecule has 1 N–H and O–H groups in total. The molecule has 3 rings (SSSR count). The summed E-state index contributed by atoms with van der Waals surface area (Å²) in [6, 6.07) is 9.95. The molecule has 1 saturated heterocycles. The van der Waals surface area contributed by atoms with Crippen LogP contribution in [0.5, 0.6) is 0 Å². The molecule has 1 aromatic carbocycles. The van der Waals surface area contributed by atoms with Gasteiger partial charge in [-0.1, -0.05) is 29.3 Å². The van der Waals surface area contributed by atoms with E-state index in [0.717, 1.165) is 23.2 Å². The second-order valence-electron chi connectivity index (χ2n) is 6.55. The molecule has 0 spiro atoms. The van der Waals surface area contributed by atoms with Gasteiger partial charge in [-0.3, -0.25) is 4.55 Å². The van der Waals surface area contributed by atoms with Crippen LogP contribution in [0.4, 0.5) is 5.69 Å². The predicted octanol–water partition coefficient (Wildman–Crippen LogP) is 3.55. The second-order valence-corrected chi connectivity index (χ2v) is 8.36. The van der Waals surface area contributed by atoms with E-state index in [1.165, 1.54) is 30.7 Å². The summed E-state index contributed by atoms with van der Waals surface area (Å²) in [6.45, 7) is 4.17. The molecule has 1 fully saturated rings. The SMILES string of the molecule is CN(C)[N+]1(c2ccc(Cl)nc2)CCCC1.Cc1ccc(S(=O)(=O)O)cc1. The summed E-state index contributed by atoms with van der Waals surface area (Å²) in [5.41, 5.74) is 2.19. The van der Waals surface area contributed by atoms with E-state index in [9.17, 15) is 8.42 Å². The van der Waals surface area contributed by atoms with Crippen molar-refractivity contribution < 1.29 is 13.0 Å². The van der Waals surface area contributed by atoms with Gasteiger partial charge in [-0.25, -0.2) is 9.58 Å². The zero-order valence-corrected chi connectivity index (χ0v) is 16.8. The van der Waals surface area contributed by atoms with E-state index < -0.39 is 10.1 Å². The molecule has 142 valence electrons. The Morgan fingerprint density at radius 2 is 1.65 bits per heavy atom. The molecule has 0 aliphatic carbocycles. The highest BCUT2D eigenvalue weighted by Gasteiger charge is 2.37. The van der Waals surface area contributed by atoms with Crippen molar-refractivity contribution in [1.82, 2.24) is 14.6 Å². The molecular formula is C18H25ClN3O3S+. The Bertz CT molecular complexity index is 816. The molecule has 6 nitrogen and oxygen atoms in total. The van der Waals surface area contributed by atoms with Crippen molar-refractivity contribution in [1.29, 1.82) is 0 Å². The molecule has 0 bridgehead atoms. The molecule has 0 atom stereocenters. The lowest BCUT2D eigenvalue weighted by atomic mass is 10.2. The molecule has 0 saturated carbocycles. The lowest BCUT2D eigenvalue weighted by Gasteiger charge is -2.38. The van der Waals surface area contributed by atoms with E-state index in [-0.39, 0.29) is 4.90 Å². The van der Waals surface area contributed by atoms with Gasteiger partial charge in [0, 0.05) is 33.0 Å². The van der Waals surface area contributed by atoms with Gasteiger partial charge < -0.3 is 0 Å². The zero-order valence-electron chi connectivity index (χ0n) is 15.3. The molecule has 0 radical (unpaired) electrons. The summed E-state index contributed by atoms with van der Waals surface area (Å²) in [6.07, 6.45) is 4.45. The first-order valence-corrected chi connectivity index (χ1v) is 10.2. The maximum absolute atomic E-state index is 10.5. The van der Waals surface area contributed by atoms with Crippen LogP contribution in [0, 0.1) is 6.92 Å². The summed E-state index contributed by atoms with van der Waals surface area (Å²) in [4.78, 5) is 4.11. The standard InChI is InChI=1S/C11H17ClN3.C7H8O3S/c1-14(2)15(7-3-4-8-15)10-5-6-11(12)13-9-10;1-6-2-4-7(5-3-6)11(8,9)10/h5-6,9H,3-4,7-8H2,1-2H3;2-5H,1H3,(H,8,9,10)/q+1;. The fraction of sp³-hybridized carbons (Fsp3) is 0.389. The maximum Gasteiger partial charge on any atom is 0.294 e. The molecule has 0 amide bonds. The van der Waals surface area contributed by atoms with Gasteiger partial charge in [0.15, 0.2) is 5.69 Å². The molecule has 1 aromatic heterocycles. The Hall–Kier alpha value is -1.51. The number of hydrogen-bond acceptors (Lipinski definition) is 4. The van der Waals surface area contributed by atoms with Gasteiger partial charge in [0.05, 0.1) is 11.1 Å². The first kappa shape index (κ1) is 20.8. The van der Waals surface area contributed by atoms with Crippen LogP contribution in [0.1, 0.15) is 18.4 Å². The number of hydrogen-bond donors (Lipinski definition) is 1. The Labute approximate surface area is 160 Å². The van der Waals surface area contributed by atoms with Crippen molar-refractivity contribution >= 4 is 27.4 Å². The van der Waals surface area contributed by atoms with Gasteiger partial charge in [0.2, 0.25) is 0 Å². The Morgan fingerprint density at radius 1 is 1.08 bits per heavy atom. The van der Waals surface area contributed by atoms with Crippen LogP contribution in [0.3, 0.4) is 0 Å². The van der Waals surface area contributed by atoms with Gasteiger partial charge >= 0.3 is 0 Å². The van der Waals surface area contributed by atoms with Gasteiger partial charge in [0.25, 0.3) is 10.1 Å². The molecule has 2 aromatic rings. The first-order valence-electron chi connectivity index (χ1n) is 8.36. The van der Waals surface area contributed by atoms with Crippen LogP contribution in [0.15, 0.2) is 47.5 Å². The first-order chi connectivity index (χ1) is 12.1. The van der Waals surface area contributed by atoms with E-state index >= 15 is 0 Å². The van der Waals surface area contributed by atoms with Crippen molar-refractivity contribution in [3.63, 3.8) is 0 Å². The van der Waals surface area contributed by atoms with Crippen molar-refractivity contribution in [3.05, 3.63) is 53.3 Å². The third-order valence-electron chi connectivity index (χ3n) is 4.58. The number of nitrogens with zero attached hydrogens (tertiary/aromatic N) is 3. The van der Waals surface area contributed by atoms with E-state index in [4.69, 9.17) is 16.2 Å². The second kappa shape index (κ2) is 8.45. The highest BCUT2D eigenvalue weighted by Crippen LogP contribution is 2.30. The number of rotatable bonds is 3. The highest BCUT2D eigenvalue weighted by atomic mass is 35.5. The van der Waals surface area contributed by atoms with Crippen molar-refractivity contribution in [3.8, 4) is 0 Å². The van der Waals surface area contributed by atoms with Crippen molar-refractivity contribution in [2.75, 3.05) is 27.2 Å². The largest absolute Gasteiger partial charge is 0.294 e. The van der Waals surface area contributed by atoms with E-state index in [0.29, 0.717) is 5.15 Å². The average Bonchev–Trinajstić information content (AvgIpc) is 3.07. The van der Waals surface area contributed by atoms with Gasteiger partial charge in [0.1, 0.15) is 18.2 Å². The lowest BCUT2D eigenvalue weighted by Crippen LogP contribution is -2.56. The van der Waals surface area contributed by atoms with Crippen molar-refractivity contribution in [2.24, 2.45) is 0 Å². The Morgan fingerprint density at radius 3 is 2.08 bits per heavy atom. The normalized spacial score (nSPS) is 16.2. The minimum absolute atomic E-state index is 0.0666. The molecule has 1 aliphatic heterocycles. The van der Waals surface area contributed by atoms with Crippen molar-refractivity contribution in [2.45, 2.75) is 24.7 Å².